The van der Waals surface area contributed by atoms with E-state index in [1.807, 2.05) is 30.3 Å². The minimum atomic E-state index is -0.479. The molecule has 0 saturated carbocycles. The van der Waals surface area contributed by atoms with Crippen molar-refractivity contribution in [2.75, 3.05) is 14.2 Å². The monoisotopic (exact) mass is 233 g/mol. The summed E-state index contributed by atoms with van der Waals surface area (Å²) < 4.78 is 4.80. The van der Waals surface area contributed by atoms with Gasteiger partial charge in [-0.25, -0.2) is 0 Å². The lowest BCUT2D eigenvalue weighted by atomic mass is 9.93. The van der Waals surface area contributed by atoms with E-state index in [4.69, 9.17) is 9.57 Å². The molecule has 1 aliphatic rings. The van der Waals surface area contributed by atoms with Crippen molar-refractivity contribution in [2.24, 2.45) is 5.92 Å². The fourth-order valence-corrected chi connectivity index (χ4v) is 2.12. The normalized spacial score (nSPS) is 24.5. The van der Waals surface area contributed by atoms with E-state index in [2.05, 4.69) is 6.58 Å². The Morgan fingerprint density at radius 1 is 1.41 bits per heavy atom. The second kappa shape index (κ2) is 4.59. The fraction of sp³-hybridized carbons (Fsp3) is 0.308. The van der Waals surface area contributed by atoms with Crippen molar-refractivity contribution in [3.8, 4) is 0 Å². The predicted molar refractivity (Wildman–Crippen MR) is 62.7 cm³/mol. The highest BCUT2D eigenvalue weighted by Gasteiger charge is 2.43. The molecule has 0 aliphatic carbocycles. The highest BCUT2D eigenvalue weighted by atomic mass is 16.7. The first kappa shape index (κ1) is 11.7. The zero-order valence-electron chi connectivity index (χ0n) is 9.92. The second-order valence-corrected chi connectivity index (χ2v) is 3.96. The lowest BCUT2D eigenvalue weighted by Gasteiger charge is -2.19. The first-order valence-corrected chi connectivity index (χ1v) is 5.37. The van der Waals surface area contributed by atoms with Crippen LogP contribution in [-0.4, -0.2) is 25.2 Å². The third-order valence-corrected chi connectivity index (χ3v) is 2.91. The van der Waals surface area contributed by atoms with E-state index in [0.29, 0.717) is 5.76 Å². The summed E-state index contributed by atoms with van der Waals surface area (Å²) in [6.07, 6.45) is 0. The number of hydrogen-bond donors (Lipinski definition) is 0. The number of carbonyl (C=O) groups excluding carboxylic acids is 1. The number of carbonyl (C=O) groups is 1. The third kappa shape index (κ3) is 2.03. The Bertz CT molecular complexity index is 422. The Morgan fingerprint density at radius 3 is 2.65 bits per heavy atom. The van der Waals surface area contributed by atoms with Gasteiger partial charge in [-0.05, 0) is 5.56 Å². The van der Waals surface area contributed by atoms with Gasteiger partial charge in [-0.1, -0.05) is 36.9 Å². The molecule has 1 aromatic rings. The van der Waals surface area contributed by atoms with Crippen molar-refractivity contribution in [3.63, 3.8) is 0 Å². The maximum Gasteiger partial charge on any atom is 0.318 e. The molecule has 0 bridgehead atoms. The van der Waals surface area contributed by atoms with Gasteiger partial charge in [-0.15, -0.1) is 5.06 Å². The van der Waals surface area contributed by atoms with Gasteiger partial charge in [-0.2, -0.15) is 0 Å². The second-order valence-electron chi connectivity index (χ2n) is 3.96. The predicted octanol–water partition coefficient (Wildman–Crippen LogP) is 1.91. The molecule has 0 N–H and O–H groups in total. The molecule has 4 nitrogen and oxygen atoms in total. The summed E-state index contributed by atoms with van der Waals surface area (Å²) in [6, 6.07) is 9.52. The van der Waals surface area contributed by atoms with Crippen molar-refractivity contribution in [1.82, 2.24) is 5.06 Å². The molecule has 17 heavy (non-hydrogen) atoms. The van der Waals surface area contributed by atoms with Gasteiger partial charge >= 0.3 is 5.97 Å². The molecule has 4 heteroatoms. The van der Waals surface area contributed by atoms with Crippen LogP contribution in [0.1, 0.15) is 11.6 Å². The summed E-state index contributed by atoms with van der Waals surface area (Å²) >= 11 is 0. The highest BCUT2D eigenvalue weighted by molar-refractivity contribution is 5.76. The van der Waals surface area contributed by atoms with Gasteiger partial charge in [0.1, 0.15) is 11.7 Å². The number of benzene rings is 1. The maximum atomic E-state index is 11.8. The van der Waals surface area contributed by atoms with Gasteiger partial charge in [0.05, 0.1) is 13.2 Å². The third-order valence-electron chi connectivity index (χ3n) is 2.91. The summed E-state index contributed by atoms with van der Waals surface area (Å²) in [5.74, 6) is -0.381. The largest absolute Gasteiger partial charge is 0.468 e. The number of methoxy groups -OCH3 is 1. The molecule has 0 radical (unpaired) electrons. The van der Waals surface area contributed by atoms with Crippen LogP contribution in [0.25, 0.3) is 0 Å². The molecule has 1 fully saturated rings. The van der Waals surface area contributed by atoms with E-state index in [0.717, 1.165) is 5.56 Å². The van der Waals surface area contributed by atoms with Crippen molar-refractivity contribution in [1.29, 1.82) is 0 Å². The van der Waals surface area contributed by atoms with Gasteiger partial charge < -0.3 is 9.57 Å². The Morgan fingerprint density at radius 2 is 2.06 bits per heavy atom. The highest BCUT2D eigenvalue weighted by Crippen LogP contribution is 2.40. The summed E-state index contributed by atoms with van der Waals surface area (Å²) in [7, 11) is 3.15. The number of nitrogens with zero attached hydrogens (tertiary/aromatic N) is 1. The summed E-state index contributed by atoms with van der Waals surface area (Å²) in [5, 5.41) is 1.64. The van der Waals surface area contributed by atoms with E-state index < -0.39 is 5.92 Å². The van der Waals surface area contributed by atoms with Crippen LogP contribution < -0.4 is 0 Å². The molecular weight excluding hydrogens is 218 g/mol. The molecule has 2 rings (SSSR count). The van der Waals surface area contributed by atoms with E-state index in [1.54, 1.807) is 12.1 Å². The Hall–Kier alpha value is -1.81. The lowest BCUT2D eigenvalue weighted by molar-refractivity contribution is -0.145. The molecule has 2 unspecified atom stereocenters. The van der Waals surface area contributed by atoms with E-state index in [9.17, 15) is 4.79 Å². The van der Waals surface area contributed by atoms with E-state index >= 15 is 0 Å². The van der Waals surface area contributed by atoms with Crippen molar-refractivity contribution in [2.45, 2.75) is 6.04 Å². The Balaban J connectivity index is 2.36. The van der Waals surface area contributed by atoms with Crippen LogP contribution >= 0.6 is 0 Å². The molecule has 1 heterocycles. The van der Waals surface area contributed by atoms with Crippen LogP contribution in [0, 0.1) is 5.92 Å². The van der Waals surface area contributed by atoms with Gasteiger partial charge in [0.25, 0.3) is 0 Å². The minimum Gasteiger partial charge on any atom is -0.468 e. The molecule has 0 spiro atoms. The van der Waals surface area contributed by atoms with Gasteiger partial charge in [-0.3, -0.25) is 4.79 Å². The number of rotatable bonds is 2. The van der Waals surface area contributed by atoms with Gasteiger partial charge in [0.15, 0.2) is 0 Å². The zero-order chi connectivity index (χ0) is 12.4. The van der Waals surface area contributed by atoms with Crippen molar-refractivity contribution < 1.29 is 14.4 Å². The summed E-state index contributed by atoms with van der Waals surface area (Å²) in [5.41, 5.74) is 1.00. The number of esters is 1. The van der Waals surface area contributed by atoms with Crippen LogP contribution in [0.15, 0.2) is 42.7 Å². The molecule has 90 valence electrons. The van der Waals surface area contributed by atoms with Crippen LogP contribution in [0.3, 0.4) is 0 Å². The summed E-state index contributed by atoms with van der Waals surface area (Å²) in [4.78, 5) is 17.2. The first-order valence-electron chi connectivity index (χ1n) is 5.37. The summed E-state index contributed by atoms with van der Waals surface area (Å²) in [6.45, 7) is 3.77. The molecule has 1 aliphatic heterocycles. The first-order chi connectivity index (χ1) is 8.15. The van der Waals surface area contributed by atoms with E-state index in [-0.39, 0.29) is 12.0 Å². The smallest absolute Gasteiger partial charge is 0.318 e. The van der Waals surface area contributed by atoms with Crippen molar-refractivity contribution in [3.05, 3.63) is 48.2 Å². The zero-order valence-corrected chi connectivity index (χ0v) is 9.92. The molecule has 1 saturated heterocycles. The molecule has 2 atom stereocenters. The number of hydrogen-bond acceptors (Lipinski definition) is 4. The standard InChI is InChI=1S/C13H15NO3/c1-9-11(13(15)16-3)12(14(2)17-9)10-7-5-4-6-8-10/h4-8,11-12H,1H2,2-3H3. The lowest BCUT2D eigenvalue weighted by Crippen LogP contribution is -2.26. The SMILES string of the molecule is C=C1ON(C)C(c2ccccc2)C1C(=O)OC. The van der Waals surface area contributed by atoms with Crippen molar-refractivity contribution >= 4 is 5.97 Å². The average molecular weight is 233 g/mol. The molecule has 0 aromatic heterocycles. The minimum absolute atomic E-state index is 0.184. The average Bonchev–Trinajstić information content (AvgIpc) is 2.64. The Labute approximate surface area is 100 Å². The van der Waals surface area contributed by atoms with Crippen LogP contribution in [0.5, 0.6) is 0 Å². The van der Waals surface area contributed by atoms with E-state index in [1.165, 1.54) is 7.11 Å². The number of ether oxygens (including phenoxy) is 1. The fourth-order valence-electron chi connectivity index (χ4n) is 2.12. The maximum absolute atomic E-state index is 11.8. The quantitative estimate of drug-likeness (QED) is 0.731. The molecule has 0 amide bonds. The number of hydroxylamine groups is 2. The van der Waals surface area contributed by atoms with Gasteiger partial charge in [0, 0.05) is 7.05 Å². The molecular formula is C13H15NO3. The Kier molecular flexibility index (Phi) is 3.15. The van der Waals surface area contributed by atoms with Crippen LogP contribution in [-0.2, 0) is 14.4 Å². The van der Waals surface area contributed by atoms with Crippen LogP contribution in [0.4, 0.5) is 0 Å². The van der Waals surface area contributed by atoms with Crippen LogP contribution in [0.2, 0.25) is 0 Å². The van der Waals surface area contributed by atoms with Gasteiger partial charge in [0.2, 0.25) is 0 Å². The molecule has 1 aromatic carbocycles. The topological polar surface area (TPSA) is 38.8 Å².